The van der Waals surface area contributed by atoms with Crippen molar-refractivity contribution in [2.24, 2.45) is 0 Å². The van der Waals surface area contributed by atoms with Crippen LogP contribution in [0.2, 0.25) is 0 Å². The lowest BCUT2D eigenvalue weighted by molar-refractivity contribution is -0.143. The molecule has 168 valence electrons. The molecule has 7 nitrogen and oxygen atoms in total. The van der Waals surface area contributed by atoms with Crippen LogP contribution < -0.4 is 10.1 Å². The number of imide groups is 1. The molecular formula is C24H18I2N2O5. The Bertz CT molecular complexity index is 1280. The van der Waals surface area contributed by atoms with E-state index in [-0.39, 0.29) is 5.70 Å². The van der Waals surface area contributed by atoms with Gasteiger partial charge in [-0.15, -0.1) is 0 Å². The van der Waals surface area contributed by atoms with Crippen molar-refractivity contribution in [3.8, 4) is 5.75 Å². The molecule has 9 heteroatoms. The molecule has 0 aliphatic carbocycles. The molecule has 0 saturated carbocycles. The number of rotatable bonds is 6. The van der Waals surface area contributed by atoms with Gasteiger partial charge in [-0.3, -0.25) is 9.59 Å². The fourth-order valence-electron chi connectivity index (χ4n) is 3.44. The summed E-state index contributed by atoms with van der Waals surface area (Å²) in [6.07, 6.45) is 1.58. The van der Waals surface area contributed by atoms with E-state index in [1.54, 1.807) is 6.08 Å². The molecule has 0 bridgehead atoms. The Kier molecular flexibility index (Phi) is 7.17. The maximum atomic E-state index is 12.5. The first-order valence-electron chi connectivity index (χ1n) is 9.87. The highest BCUT2D eigenvalue weighted by Crippen LogP contribution is 2.31. The quantitative estimate of drug-likeness (QED) is 0.179. The predicted molar refractivity (Wildman–Crippen MR) is 140 cm³/mol. The first-order valence-corrected chi connectivity index (χ1v) is 12.0. The second-order valence-electron chi connectivity index (χ2n) is 7.20. The number of fused-ring (bicyclic) bond motifs is 1. The van der Waals surface area contributed by atoms with Crippen molar-refractivity contribution in [3.63, 3.8) is 0 Å². The van der Waals surface area contributed by atoms with E-state index >= 15 is 0 Å². The van der Waals surface area contributed by atoms with E-state index < -0.39 is 24.5 Å². The van der Waals surface area contributed by atoms with E-state index in [2.05, 4.69) is 79.5 Å². The molecular weight excluding hydrogens is 650 g/mol. The number of urea groups is 1. The molecule has 1 heterocycles. The predicted octanol–water partition coefficient (Wildman–Crippen LogP) is 4.69. The largest absolute Gasteiger partial charge is 0.487 e. The summed E-state index contributed by atoms with van der Waals surface area (Å²) < 4.78 is 12.4. The minimum absolute atomic E-state index is 0.0972. The molecule has 1 fully saturated rings. The third-order valence-corrected chi connectivity index (χ3v) is 6.66. The highest BCUT2D eigenvalue weighted by molar-refractivity contribution is 14.1. The van der Waals surface area contributed by atoms with E-state index in [1.807, 2.05) is 30.3 Å². The Balaban J connectivity index is 1.53. The number of amides is 3. The molecule has 33 heavy (non-hydrogen) atoms. The van der Waals surface area contributed by atoms with Crippen LogP contribution >= 0.6 is 45.2 Å². The van der Waals surface area contributed by atoms with Crippen LogP contribution in [0.3, 0.4) is 0 Å². The van der Waals surface area contributed by atoms with Crippen LogP contribution in [0.25, 0.3) is 16.8 Å². The van der Waals surface area contributed by atoms with Gasteiger partial charge in [-0.25, -0.2) is 9.69 Å². The number of nitrogens with one attached hydrogen (secondary N) is 1. The van der Waals surface area contributed by atoms with Crippen molar-refractivity contribution in [1.82, 2.24) is 10.2 Å². The summed E-state index contributed by atoms with van der Waals surface area (Å²) in [5.41, 5.74) is 1.92. The molecule has 0 aromatic heterocycles. The number of carbonyl (C=O) groups is 3. The second-order valence-corrected chi connectivity index (χ2v) is 9.52. The van der Waals surface area contributed by atoms with Gasteiger partial charge in [0, 0.05) is 0 Å². The van der Waals surface area contributed by atoms with Crippen LogP contribution in [0, 0.1) is 7.14 Å². The summed E-state index contributed by atoms with van der Waals surface area (Å²) in [7, 11) is 1.20. The Morgan fingerprint density at radius 3 is 2.48 bits per heavy atom. The van der Waals surface area contributed by atoms with Gasteiger partial charge >= 0.3 is 12.0 Å². The monoisotopic (exact) mass is 668 g/mol. The van der Waals surface area contributed by atoms with Gasteiger partial charge in [0.2, 0.25) is 0 Å². The van der Waals surface area contributed by atoms with Crippen molar-refractivity contribution in [3.05, 3.63) is 78.6 Å². The molecule has 0 radical (unpaired) electrons. The fraction of sp³-hybridized carbons (Fsp3) is 0.125. The lowest BCUT2D eigenvalue weighted by Crippen LogP contribution is -2.36. The van der Waals surface area contributed by atoms with Crippen molar-refractivity contribution >= 4 is 79.9 Å². The highest BCUT2D eigenvalue weighted by atomic mass is 127. The third kappa shape index (κ3) is 5.13. The number of hydrogen-bond acceptors (Lipinski definition) is 5. The summed E-state index contributed by atoms with van der Waals surface area (Å²) >= 11 is 4.38. The third-order valence-electron chi connectivity index (χ3n) is 5.06. The van der Waals surface area contributed by atoms with Gasteiger partial charge in [0.1, 0.15) is 24.6 Å². The molecule has 0 unspecified atom stereocenters. The lowest BCUT2D eigenvalue weighted by atomic mass is 10.1. The highest BCUT2D eigenvalue weighted by Gasteiger charge is 2.35. The van der Waals surface area contributed by atoms with E-state index in [0.29, 0.717) is 6.61 Å². The zero-order chi connectivity index (χ0) is 23.5. The van der Waals surface area contributed by atoms with Crippen LogP contribution in [-0.2, 0) is 20.9 Å². The maximum Gasteiger partial charge on any atom is 0.329 e. The van der Waals surface area contributed by atoms with Gasteiger partial charge in [0.15, 0.2) is 0 Å². The number of hydrogen-bond donors (Lipinski definition) is 1. The van der Waals surface area contributed by atoms with E-state index in [9.17, 15) is 14.4 Å². The lowest BCUT2D eigenvalue weighted by Gasteiger charge is -2.13. The molecule has 1 saturated heterocycles. The summed E-state index contributed by atoms with van der Waals surface area (Å²) in [6, 6.07) is 17.4. The summed E-state index contributed by atoms with van der Waals surface area (Å²) in [6.45, 7) is -0.0145. The SMILES string of the molecule is COC(=O)CN1C(=O)N/C(=C/c2cc(I)c(OCc3cccc4ccccc34)c(I)c2)C1=O. The van der Waals surface area contributed by atoms with E-state index in [4.69, 9.17) is 4.74 Å². The zero-order valence-corrected chi connectivity index (χ0v) is 21.7. The molecule has 1 N–H and O–H groups in total. The van der Waals surface area contributed by atoms with Gasteiger partial charge in [-0.05, 0) is 85.3 Å². The number of methoxy groups -OCH3 is 1. The molecule has 3 amide bonds. The van der Waals surface area contributed by atoms with E-state index in [1.165, 1.54) is 7.11 Å². The maximum absolute atomic E-state index is 12.5. The Morgan fingerprint density at radius 2 is 1.76 bits per heavy atom. The second kappa shape index (κ2) is 10.1. The summed E-state index contributed by atoms with van der Waals surface area (Å²) in [5.74, 6) is -0.497. The summed E-state index contributed by atoms with van der Waals surface area (Å²) in [5, 5.41) is 4.82. The Morgan fingerprint density at radius 1 is 1.06 bits per heavy atom. The normalized spacial score (nSPS) is 14.6. The number of carbonyl (C=O) groups excluding carboxylic acids is 3. The first kappa shape index (κ1) is 23.5. The minimum atomic E-state index is -0.670. The van der Waals surface area contributed by atoms with Crippen LogP contribution in [-0.4, -0.2) is 36.5 Å². The van der Waals surface area contributed by atoms with Crippen molar-refractivity contribution in [2.75, 3.05) is 13.7 Å². The molecule has 0 atom stereocenters. The summed E-state index contributed by atoms with van der Waals surface area (Å²) in [4.78, 5) is 36.8. The van der Waals surface area contributed by atoms with Crippen molar-refractivity contribution < 1.29 is 23.9 Å². The van der Waals surface area contributed by atoms with Crippen LogP contribution in [0.1, 0.15) is 11.1 Å². The van der Waals surface area contributed by atoms with Crippen LogP contribution in [0.15, 0.2) is 60.3 Å². The molecule has 1 aliphatic rings. The first-order chi connectivity index (χ1) is 15.9. The zero-order valence-electron chi connectivity index (χ0n) is 17.4. The van der Waals surface area contributed by atoms with Gasteiger partial charge in [-0.1, -0.05) is 42.5 Å². The number of esters is 1. The van der Waals surface area contributed by atoms with Gasteiger partial charge < -0.3 is 14.8 Å². The average molecular weight is 668 g/mol. The van der Waals surface area contributed by atoms with Crippen molar-refractivity contribution in [1.29, 1.82) is 0 Å². The van der Waals surface area contributed by atoms with Gasteiger partial charge in [-0.2, -0.15) is 0 Å². The standard InChI is InChI=1S/C24H18I2N2O5/c1-32-21(29)12-28-23(30)20(27-24(28)31)11-14-9-18(25)22(19(26)10-14)33-13-16-7-4-6-15-5-2-3-8-17(15)16/h2-11H,12-13H2,1H3,(H,27,31)/b20-11+. The number of nitrogens with zero attached hydrogens (tertiary/aromatic N) is 1. The molecule has 3 aromatic rings. The smallest absolute Gasteiger partial charge is 0.329 e. The number of halogens is 2. The van der Waals surface area contributed by atoms with E-state index in [0.717, 1.165) is 39.7 Å². The van der Waals surface area contributed by atoms with Crippen LogP contribution in [0.4, 0.5) is 4.79 Å². The topological polar surface area (TPSA) is 84.9 Å². The Labute approximate surface area is 217 Å². The Hall–Kier alpha value is -2.67. The molecule has 1 aliphatic heterocycles. The van der Waals surface area contributed by atoms with Crippen molar-refractivity contribution in [2.45, 2.75) is 6.61 Å². The van der Waals surface area contributed by atoms with Gasteiger partial charge in [0.25, 0.3) is 5.91 Å². The number of benzene rings is 3. The molecule has 4 rings (SSSR count). The average Bonchev–Trinajstić information content (AvgIpc) is 3.05. The van der Waals surface area contributed by atoms with Gasteiger partial charge in [0.05, 0.1) is 14.3 Å². The molecule has 3 aromatic carbocycles. The fourth-order valence-corrected chi connectivity index (χ4v) is 5.57. The number of ether oxygens (including phenoxy) is 2. The minimum Gasteiger partial charge on any atom is -0.487 e. The molecule has 0 spiro atoms. The van der Waals surface area contributed by atoms with Crippen LogP contribution in [0.5, 0.6) is 5.75 Å².